The lowest BCUT2D eigenvalue weighted by Gasteiger charge is -2.37. The van der Waals surface area contributed by atoms with E-state index in [-0.39, 0.29) is 29.7 Å². The smallest absolute Gasteiger partial charge is 0.258 e. The largest absolute Gasteiger partial charge is 0.343 e. The van der Waals surface area contributed by atoms with Gasteiger partial charge in [0.15, 0.2) is 0 Å². The number of nitrogens with zero attached hydrogens (tertiary/aromatic N) is 3. The molecule has 0 unspecified atom stereocenters. The van der Waals surface area contributed by atoms with Gasteiger partial charge in [0.1, 0.15) is 18.1 Å². The van der Waals surface area contributed by atoms with Crippen molar-refractivity contribution < 1.29 is 19.2 Å². The molecule has 0 radical (unpaired) electrons. The third-order valence-electron chi connectivity index (χ3n) is 8.61. The Morgan fingerprint density at radius 1 is 0.952 bits per heavy atom. The Labute approximate surface area is 247 Å². The average Bonchev–Trinajstić information content (AvgIpc) is 3.47. The lowest BCUT2D eigenvalue weighted by Crippen LogP contribution is -2.62. The quantitative estimate of drug-likeness (QED) is 0.481. The van der Waals surface area contributed by atoms with Crippen molar-refractivity contribution in [3.8, 4) is 0 Å². The van der Waals surface area contributed by atoms with E-state index in [1.807, 2.05) is 61.2 Å². The molecule has 5 rings (SSSR count). The molecule has 42 heavy (non-hydrogen) atoms. The first-order valence-corrected chi connectivity index (χ1v) is 15.0. The molecule has 3 N–H and O–H groups in total. The number of carbonyl (C=O) groups excluding carboxylic acids is 4. The van der Waals surface area contributed by atoms with Gasteiger partial charge in [-0.2, -0.15) is 0 Å². The van der Waals surface area contributed by atoms with Gasteiger partial charge in [-0.3, -0.25) is 29.2 Å². The maximum Gasteiger partial charge on any atom is 0.258 e. The van der Waals surface area contributed by atoms with Gasteiger partial charge in [-0.25, -0.2) is 5.43 Å². The van der Waals surface area contributed by atoms with Crippen molar-refractivity contribution >= 4 is 40.6 Å². The van der Waals surface area contributed by atoms with Gasteiger partial charge in [-0.05, 0) is 70.1 Å². The summed E-state index contributed by atoms with van der Waals surface area (Å²) in [4.78, 5) is 60.7. The van der Waals surface area contributed by atoms with E-state index in [4.69, 9.17) is 4.98 Å². The van der Waals surface area contributed by atoms with Crippen LogP contribution in [0.4, 0.5) is 0 Å². The fourth-order valence-corrected chi connectivity index (χ4v) is 5.94. The van der Waals surface area contributed by atoms with Crippen LogP contribution in [-0.2, 0) is 19.2 Å². The Morgan fingerprint density at radius 2 is 1.69 bits per heavy atom. The zero-order valence-electron chi connectivity index (χ0n) is 25.1. The predicted molar refractivity (Wildman–Crippen MR) is 160 cm³/mol. The Kier molecular flexibility index (Phi) is 8.37. The van der Waals surface area contributed by atoms with Crippen LogP contribution in [0.1, 0.15) is 77.6 Å². The van der Waals surface area contributed by atoms with Crippen LogP contribution >= 0.6 is 0 Å². The van der Waals surface area contributed by atoms with Crippen molar-refractivity contribution in [3.05, 3.63) is 47.7 Å². The summed E-state index contributed by atoms with van der Waals surface area (Å²) in [6.07, 6.45) is 6.71. The summed E-state index contributed by atoms with van der Waals surface area (Å²) >= 11 is 0. The van der Waals surface area contributed by atoms with E-state index in [0.29, 0.717) is 25.9 Å². The topological polar surface area (TPSA) is 124 Å². The fraction of sp³-hybridized carbons (Fsp3) is 0.531. The van der Waals surface area contributed by atoms with E-state index < -0.39 is 29.4 Å². The van der Waals surface area contributed by atoms with Crippen LogP contribution < -0.4 is 16.1 Å². The van der Waals surface area contributed by atoms with Crippen LogP contribution in [0.25, 0.3) is 17.0 Å². The van der Waals surface area contributed by atoms with E-state index in [0.717, 1.165) is 35.0 Å². The molecule has 2 fully saturated rings. The number of pyridine rings is 1. The molecule has 2 aromatic rings. The second-order valence-corrected chi connectivity index (χ2v) is 12.7. The number of hydrogen-bond donors (Lipinski definition) is 3. The molecule has 1 aromatic carbocycles. The summed E-state index contributed by atoms with van der Waals surface area (Å²) in [5.41, 5.74) is 4.81. The van der Waals surface area contributed by atoms with Gasteiger partial charge >= 0.3 is 0 Å². The number of rotatable bonds is 1. The number of aromatic nitrogens is 1. The second kappa shape index (κ2) is 11.8. The second-order valence-electron chi connectivity index (χ2n) is 12.7. The monoisotopic (exact) mass is 574 g/mol. The number of carbonyl (C=O) groups is 4. The van der Waals surface area contributed by atoms with Crippen molar-refractivity contribution in [3.63, 3.8) is 0 Å². The molecule has 2 saturated heterocycles. The van der Waals surface area contributed by atoms with E-state index >= 15 is 0 Å². The van der Waals surface area contributed by atoms with E-state index in [1.54, 1.807) is 20.8 Å². The van der Waals surface area contributed by atoms with E-state index in [1.165, 1.54) is 5.01 Å². The Bertz CT molecular complexity index is 1420. The molecule has 3 aliphatic rings. The highest BCUT2D eigenvalue weighted by atomic mass is 16.2. The third-order valence-corrected chi connectivity index (χ3v) is 8.61. The molecular weight excluding hydrogens is 532 g/mol. The van der Waals surface area contributed by atoms with Crippen molar-refractivity contribution in [2.24, 2.45) is 11.3 Å². The van der Waals surface area contributed by atoms with Crippen molar-refractivity contribution in [1.29, 1.82) is 0 Å². The number of amides is 4. The Morgan fingerprint density at radius 3 is 2.45 bits per heavy atom. The third kappa shape index (κ3) is 6.04. The fourth-order valence-electron chi connectivity index (χ4n) is 5.94. The number of benzene rings is 1. The van der Waals surface area contributed by atoms with Crippen LogP contribution in [-0.4, -0.2) is 69.7 Å². The molecule has 1 aromatic heterocycles. The maximum absolute atomic E-state index is 13.8. The summed E-state index contributed by atoms with van der Waals surface area (Å²) in [6.45, 7) is 10.0. The summed E-state index contributed by atoms with van der Waals surface area (Å²) in [7, 11) is 0. The number of hydrazine groups is 1. The van der Waals surface area contributed by atoms with Crippen molar-refractivity contribution in [1.82, 2.24) is 31.0 Å². The minimum Gasteiger partial charge on any atom is -0.343 e. The minimum atomic E-state index is -0.907. The van der Waals surface area contributed by atoms with Crippen LogP contribution in [0.15, 0.2) is 36.4 Å². The van der Waals surface area contributed by atoms with Gasteiger partial charge in [0.25, 0.3) is 5.91 Å². The highest BCUT2D eigenvalue weighted by Crippen LogP contribution is 2.33. The molecular formula is C32H42N6O4. The van der Waals surface area contributed by atoms with Crippen molar-refractivity contribution in [2.45, 2.75) is 84.5 Å². The number of fused-ring (bicyclic) bond motifs is 6. The molecule has 4 atom stereocenters. The van der Waals surface area contributed by atoms with Crippen LogP contribution in [0.2, 0.25) is 0 Å². The molecule has 0 aliphatic carbocycles. The molecule has 4 heterocycles. The van der Waals surface area contributed by atoms with Gasteiger partial charge in [0.2, 0.25) is 17.7 Å². The first-order valence-electron chi connectivity index (χ1n) is 15.0. The standard InChI is InChI=1S/C32H42N6O4/c1-19(2)27-28(39)33-20(3)29(40)38-17-6-8-24(36-38)30(41)37-16-7-9-26(37)23-13-12-22-11-10-21(18-25(22)34-23)14-15-32(4,5)31(42)35-27/h10-15,18-20,24,26-27,36H,6-9,16-17H2,1-5H3,(H,33,39)(H,35,42)/b15-14+/t20-,24-,26-,27-/m0/s1. The van der Waals surface area contributed by atoms with Crippen molar-refractivity contribution in [2.75, 3.05) is 13.1 Å². The molecule has 3 aliphatic heterocycles. The highest BCUT2D eigenvalue weighted by Gasteiger charge is 2.38. The van der Waals surface area contributed by atoms with E-state index in [2.05, 4.69) is 16.1 Å². The number of nitrogens with one attached hydrogen (secondary N) is 3. The average molecular weight is 575 g/mol. The molecule has 0 saturated carbocycles. The first kappa shape index (κ1) is 29.7. The normalized spacial score (nSPS) is 28.0. The van der Waals surface area contributed by atoms with E-state index in [9.17, 15) is 19.2 Å². The Hall–Kier alpha value is -3.79. The summed E-state index contributed by atoms with van der Waals surface area (Å²) in [5.74, 6) is -1.29. The summed E-state index contributed by atoms with van der Waals surface area (Å²) < 4.78 is 0. The zero-order valence-corrected chi connectivity index (χ0v) is 25.1. The van der Waals surface area contributed by atoms with Crippen LogP contribution in [0, 0.1) is 11.3 Å². The molecule has 5 bridgehead atoms. The zero-order chi connectivity index (χ0) is 30.2. The SMILES string of the molecule is CC(C)[C@@H]1NC(=O)C(C)(C)/C=C/c2ccc3ccc(nc3c2)[C@@H]2CCCN2C(=O)[C@@H]2CCCN(N2)C(=O)[C@H](C)NC1=O. The van der Waals surface area contributed by atoms with Gasteiger partial charge in [0, 0.05) is 18.5 Å². The van der Waals surface area contributed by atoms with Gasteiger partial charge in [0.05, 0.1) is 22.7 Å². The Balaban J connectivity index is 1.53. The van der Waals surface area contributed by atoms with Crippen LogP contribution in [0.3, 0.4) is 0 Å². The van der Waals surface area contributed by atoms with Crippen LogP contribution in [0.5, 0.6) is 0 Å². The molecule has 0 spiro atoms. The molecule has 10 nitrogen and oxygen atoms in total. The lowest BCUT2D eigenvalue weighted by molar-refractivity contribution is -0.146. The number of hydrogen-bond acceptors (Lipinski definition) is 6. The highest BCUT2D eigenvalue weighted by molar-refractivity contribution is 5.94. The van der Waals surface area contributed by atoms with Gasteiger partial charge < -0.3 is 15.5 Å². The maximum atomic E-state index is 13.8. The lowest BCUT2D eigenvalue weighted by atomic mass is 9.89. The summed E-state index contributed by atoms with van der Waals surface area (Å²) in [5, 5.41) is 8.14. The molecule has 4 amide bonds. The van der Waals surface area contributed by atoms with Gasteiger partial charge in [-0.1, -0.05) is 44.2 Å². The molecule has 224 valence electrons. The van der Waals surface area contributed by atoms with Gasteiger partial charge in [-0.15, -0.1) is 0 Å². The first-order chi connectivity index (χ1) is 19.9. The summed E-state index contributed by atoms with van der Waals surface area (Å²) in [6, 6.07) is 7.66. The molecule has 10 heteroatoms. The predicted octanol–water partition coefficient (Wildman–Crippen LogP) is 3.09. The minimum absolute atomic E-state index is 0.0408.